The highest BCUT2D eigenvalue weighted by molar-refractivity contribution is 7.81. The predicted octanol–water partition coefficient (Wildman–Crippen LogP) is 1.25. The van der Waals surface area contributed by atoms with E-state index >= 15 is 0 Å². The van der Waals surface area contributed by atoms with E-state index in [1.54, 1.807) is 20.3 Å². The van der Waals surface area contributed by atoms with E-state index in [9.17, 15) is 4.79 Å². The maximum Gasteiger partial charge on any atom is 0.229 e. The van der Waals surface area contributed by atoms with Crippen molar-refractivity contribution in [2.45, 2.75) is 6.54 Å². The highest BCUT2D eigenvalue weighted by atomic mass is 32.1. The number of carbonyl (C=O) groups excluding carboxylic acids is 1. The van der Waals surface area contributed by atoms with Gasteiger partial charge in [0, 0.05) is 12.1 Å². The number of amides is 1. The average Bonchev–Trinajstić information content (AvgIpc) is 2.35. The Morgan fingerprint density at radius 3 is 2.69 bits per heavy atom. The van der Waals surface area contributed by atoms with Crippen LogP contribution in [0.25, 0.3) is 0 Å². The largest absolute Gasteiger partial charge is 0.497 e. The summed E-state index contributed by atoms with van der Waals surface area (Å²) in [5, 5.41) is 2.72. The molecule has 0 heterocycles. The van der Waals surface area contributed by atoms with Crippen molar-refractivity contribution in [2.24, 2.45) is 0 Å². The number of benzene rings is 1. The van der Waals surface area contributed by atoms with E-state index in [2.05, 4.69) is 17.9 Å². The predicted molar refractivity (Wildman–Crippen MR) is 65.2 cm³/mol. The fourth-order valence-electron chi connectivity index (χ4n) is 1.27. The molecule has 0 atom stereocenters. The van der Waals surface area contributed by atoms with Gasteiger partial charge in [-0.05, 0) is 18.2 Å². The molecule has 1 aromatic carbocycles. The molecule has 0 radical (unpaired) electrons. The molecule has 0 bridgehead atoms. The summed E-state index contributed by atoms with van der Waals surface area (Å²) >= 11 is 3.88. The van der Waals surface area contributed by atoms with Crippen LogP contribution in [0.5, 0.6) is 11.5 Å². The zero-order valence-corrected chi connectivity index (χ0v) is 10.2. The van der Waals surface area contributed by atoms with Gasteiger partial charge >= 0.3 is 0 Å². The molecule has 0 aromatic heterocycles. The van der Waals surface area contributed by atoms with Crippen LogP contribution >= 0.6 is 12.6 Å². The van der Waals surface area contributed by atoms with E-state index in [1.165, 1.54) is 0 Å². The lowest BCUT2D eigenvalue weighted by molar-refractivity contribution is -0.118. The van der Waals surface area contributed by atoms with Gasteiger partial charge in [-0.3, -0.25) is 4.79 Å². The maximum absolute atomic E-state index is 11.1. The maximum atomic E-state index is 11.1. The molecular weight excluding hydrogens is 226 g/mol. The minimum atomic E-state index is -0.117. The van der Waals surface area contributed by atoms with Crippen LogP contribution in [0.3, 0.4) is 0 Å². The van der Waals surface area contributed by atoms with E-state index in [1.807, 2.05) is 12.1 Å². The molecule has 0 spiro atoms. The Morgan fingerprint density at radius 1 is 1.38 bits per heavy atom. The lowest BCUT2D eigenvalue weighted by atomic mass is 10.2. The molecule has 1 amide bonds. The van der Waals surface area contributed by atoms with Crippen LogP contribution in [-0.4, -0.2) is 25.9 Å². The number of carbonyl (C=O) groups is 1. The number of methoxy groups -OCH3 is 2. The molecule has 0 unspecified atom stereocenters. The van der Waals surface area contributed by atoms with E-state index < -0.39 is 0 Å². The second-order valence-electron chi connectivity index (χ2n) is 3.11. The quantitative estimate of drug-likeness (QED) is 0.763. The van der Waals surface area contributed by atoms with Gasteiger partial charge in [0.15, 0.2) is 0 Å². The number of ether oxygens (including phenoxy) is 2. The Hall–Kier alpha value is -1.36. The standard InChI is InChI=1S/C11H15NO3S/c1-14-9-3-4-10(15-2)8(5-9)6-12-11(13)7-16/h3-5,16H,6-7H2,1-2H3,(H,12,13). The fraction of sp³-hybridized carbons (Fsp3) is 0.364. The van der Waals surface area contributed by atoms with E-state index in [0.29, 0.717) is 6.54 Å². The van der Waals surface area contributed by atoms with Gasteiger partial charge in [0.2, 0.25) is 5.91 Å². The zero-order chi connectivity index (χ0) is 12.0. The summed E-state index contributed by atoms with van der Waals surface area (Å²) in [5.74, 6) is 1.51. The zero-order valence-electron chi connectivity index (χ0n) is 9.32. The highest BCUT2D eigenvalue weighted by Crippen LogP contribution is 2.23. The van der Waals surface area contributed by atoms with Crippen molar-refractivity contribution in [1.29, 1.82) is 0 Å². The topological polar surface area (TPSA) is 47.6 Å². The van der Waals surface area contributed by atoms with Crippen molar-refractivity contribution in [3.05, 3.63) is 23.8 Å². The van der Waals surface area contributed by atoms with Crippen molar-refractivity contribution in [2.75, 3.05) is 20.0 Å². The molecule has 0 saturated carbocycles. The number of hydrogen-bond acceptors (Lipinski definition) is 4. The first-order valence-electron chi connectivity index (χ1n) is 4.79. The van der Waals surface area contributed by atoms with E-state index in [4.69, 9.17) is 9.47 Å². The summed E-state index contributed by atoms with van der Waals surface area (Å²) in [4.78, 5) is 11.1. The van der Waals surface area contributed by atoms with Crippen LogP contribution in [0.4, 0.5) is 0 Å². The monoisotopic (exact) mass is 241 g/mol. The fourth-order valence-corrected chi connectivity index (χ4v) is 1.38. The first-order chi connectivity index (χ1) is 7.71. The minimum absolute atomic E-state index is 0.117. The van der Waals surface area contributed by atoms with Gasteiger partial charge in [-0.25, -0.2) is 0 Å². The summed E-state index contributed by atoms with van der Waals surface area (Å²) in [7, 11) is 3.18. The first-order valence-corrected chi connectivity index (χ1v) is 5.43. The van der Waals surface area contributed by atoms with Gasteiger partial charge in [0.25, 0.3) is 0 Å². The Balaban J connectivity index is 2.78. The first kappa shape index (κ1) is 12.7. The highest BCUT2D eigenvalue weighted by Gasteiger charge is 2.06. The minimum Gasteiger partial charge on any atom is -0.497 e. The van der Waals surface area contributed by atoms with Crippen LogP contribution in [0.1, 0.15) is 5.56 Å². The van der Waals surface area contributed by atoms with Gasteiger partial charge < -0.3 is 14.8 Å². The molecule has 16 heavy (non-hydrogen) atoms. The number of nitrogens with one attached hydrogen (secondary N) is 1. The molecular formula is C11H15NO3S. The molecule has 1 rings (SSSR count). The molecule has 0 saturated heterocycles. The Kier molecular flexibility index (Phi) is 4.98. The van der Waals surface area contributed by atoms with E-state index in [-0.39, 0.29) is 11.7 Å². The molecule has 5 heteroatoms. The Labute approximate surface area is 100 Å². The smallest absolute Gasteiger partial charge is 0.229 e. The molecule has 0 fully saturated rings. The van der Waals surface area contributed by atoms with Crippen LogP contribution in [0.2, 0.25) is 0 Å². The molecule has 88 valence electrons. The average molecular weight is 241 g/mol. The summed E-state index contributed by atoms with van der Waals surface area (Å²) in [6, 6.07) is 5.45. The van der Waals surface area contributed by atoms with Gasteiger partial charge in [-0.15, -0.1) is 0 Å². The number of thiol groups is 1. The molecule has 0 aliphatic carbocycles. The molecule has 4 nitrogen and oxygen atoms in total. The second-order valence-corrected chi connectivity index (χ2v) is 3.43. The number of hydrogen-bond donors (Lipinski definition) is 2. The van der Waals surface area contributed by atoms with Crippen molar-refractivity contribution in [3.63, 3.8) is 0 Å². The Morgan fingerprint density at radius 2 is 2.12 bits per heavy atom. The van der Waals surface area contributed by atoms with Crippen LogP contribution in [0.15, 0.2) is 18.2 Å². The van der Waals surface area contributed by atoms with Crippen molar-refractivity contribution in [3.8, 4) is 11.5 Å². The van der Waals surface area contributed by atoms with Crippen molar-refractivity contribution >= 4 is 18.5 Å². The van der Waals surface area contributed by atoms with Gasteiger partial charge in [0.1, 0.15) is 11.5 Å². The molecule has 0 aliphatic rings. The number of rotatable bonds is 5. The summed E-state index contributed by atoms with van der Waals surface area (Å²) in [5.41, 5.74) is 0.872. The lowest BCUT2D eigenvalue weighted by Gasteiger charge is -2.10. The van der Waals surface area contributed by atoms with Gasteiger partial charge in [-0.2, -0.15) is 12.6 Å². The summed E-state index contributed by atoms with van der Waals surface area (Å²) in [6.45, 7) is 0.403. The molecule has 1 aromatic rings. The van der Waals surface area contributed by atoms with E-state index in [0.717, 1.165) is 17.1 Å². The van der Waals surface area contributed by atoms with Crippen LogP contribution < -0.4 is 14.8 Å². The summed E-state index contributed by atoms with van der Waals surface area (Å²) in [6.07, 6.45) is 0. The summed E-state index contributed by atoms with van der Waals surface area (Å²) < 4.78 is 10.3. The third-order valence-corrected chi connectivity index (χ3v) is 2.39. The second kappa shape index (κ2) is 6.27. The van der Waals surface area contributed by atoms with Crippen molar-refractivity contribution < 1.29 is 14.3 Å². The molecule has 0 aliphatic heterocycles. The van der Waals surface area contributed by atoms with Gasteiger partial charge in [-0.1, -0.05) is 0 Å². The Bertz CT molecular complexity index is 368. The SMILES string of the molecule is COc1ccc(OC)c(CNC(=O)CS)c1. The van der Waals surface area contributed by atoms with Crippen molar-refractivity contribution in [1.82, 2.24) is 5.32 Å². The lowest BCUT2D eigenvalue weighted by Crippen LogP contribution is -2.23. The third-order valence-electron chi connectivity index (χ3n) is 2.11. The van der Waals surface area contributed by atoms with Gasteiger partial charge in [0.05, 0.1) is 20.0 Å². The molecule has 1 N–H and O–H groups in total. The van der Waals surface area contributed by atoms with Crippen LogP contribution in [-0.2, 0) is 11.3 Å². The normalized spacial score (nSPS) is 9.69. The third kappa shape index (κ3) is 3.34. The van der Waals surface area contributed by atoms with Crippen LogP contribution in [0, 0.1) is 0 Å².